The Morgan fingerprint density at radius 1 is 1.22 bits per heavy atom. The van der Waals surface area contributed by atoms with Crippen LogP contribution in [0.4, 0.5) is 0 Å². The van der Waals surface area contributed by atoms with Crippen molar-refractivity contribution in [3.63, 3.8) is 0 Å². The van der Waals surface area contributed by atoms with E-state index in [1.165, 1.54) is 0 Å². The number of amides is 2. The number of benzene rings is 1. The van der Waals surface area contributed by atoms with E-state index in [0.717, 1.165) is 16.7 Å². The normalized spacial score (nSPS) is 17.7. The number of aromatic nitrogens is 1. The molecule has 0 saturated carbocycles. The van der Waals surface area contributed by atoms with Crippen LogP contribution < -0.4 is 5.73 Å². The van der Waals surface area contributed by atoms with Gasteiger partial charge in [-0.05, 0) is 30.5 Å². The molecule has 1 aromatic carbocycles. The van der Waals surface area contributed by atoms with Crippen molar-refractivity contribution in [1.82, 2.24) is 14.8 Å². The molecule has 1 aromatic heterocycles. The average Bonchev–Trinajstić information content (AvgIpc) is 2.87. The molecule has 2 amide bonds. The Hall–Kier alpha value is -2.73. The van der Waals surface area contributed by atoms with E-state index in [1.807, 2.05) is 54.4 Å². The number of nitrogens with two attached hydrogens (primary N) is 1. The Morgan fingerprint density at radius 3 is 2.74 bits per heavy atom. The lowest BCUT2D eigenvalue weighted by molar-refractivity contribution is -0.134. The van der Waals surface area contributed by atoms with Gasteiger partial charge in [0.15, 0.2) is 0 Å². The van der Waals surface area contributed by atoms with Crippen LogP contribution in [0.1, 0.15) is 12.5 Å². The molecule has 1 aliphatic heterocycles. The third kappa shape index (κ3) is 4.34. The van der Waals surface area contributed by atoms with Crippen LogP contribution in [0, 0.1) is 5.92 Å². The molecule has 0 spiro atoms. The zero-order chi connectivity index (χ0) is 19.2. The van der Waals surface area contributed by atoms with E-state index in [9.17, 15) is 9.59 Å². The predicted octanol–water partition coefficient (Wildman–Crippen LogP) is 1.56. The van der Waals surface area contributed by atoms with E-state index in [4.69, 9.17) is 5.73 Å². The highest BCUT2D eigenvalue weighted by Gasteiger charge is 2.31. The molecule has 6 heteroatoms. The average molecular weight is 366 g/mol. The first-order valence-electron chi connectivity index (χ1n) is 9.39. The maximum Gasteiger partial charge on any atom is 0.236 e. The first kappa shape index (κ1) is 19.0. The second kappa shape index (κ2) is 8.77. The number of hydrogen-bond acceptors (Lipinski definition) is 4. The topological polar surface area (TPSA) is 79.5 Å². The Bertz CT molecular complexity index is 794. The predicted molar refractivity (Wildman–Crippen MR) is 105 cm³/mol. The second-order valence-electron chi connectivity index (χ2n) is 6.76. The molecule has 2 heterocycles. The molecule has 27 heavy (non-hydrogen) atoms. The minimum atomic E-state index is -0.277. The standard InChI is InChI=1S/C21H26N4O2/c1-2-24-10-11-25(20(26)13-22)15-18(21(24)27)12-16-6-3-4-8-19(16)17-7-5-9-23-14-17/h3-9,14,18H,2,10-13,15,22H2,1H3/t18-/m1/s1. The summed E-state index contributed by atoms with van der Waals surface area (Å²) in [5.74, 6) is -0.280. The van der Waals surface area contributed by atoms with E-state index < -0.39 is 0 Å². The van der Waals surface area contributed by atoms with Crippen LogP contribution in [-0.2, 0) is 16.0 Å². The maximum atomic E-state index is 13.0. The summed E-state index contributed by atoms with van der Waals surface area (Å²) in [5, 5.41) is 0. The lowest BCUT2D eigenvalue weighted by Crippen LogP contribution is -2.40. The van der Waals surface area contributed by atoms with Gasteiger partial charge in [-0.25, -0.2) is 0 Å². The van der Waals surface area contributed by atoms with Gasteiger partial charge in [0.2, 0.25) is 11.8 Å². The molecule has 1 saturated heterocycles. The van der Waals surface area contributed by atoms with Gasteiger partial charge in [0.05, 0.1) is 12.5 Å². The third-order valence-corrected chi connectivity index (χ3v) is 5.11. The second-order valence-corrected chi connectivity index (χ2v) is 6.76. The Labute approximate surface area is 160 Å². The largest absolute Gasteiger partial charge is 0.341 e. The number of rotatable bonds is 5. The minimum absolute atomic E-state index is 0.0285. The van der Waals surface area contributed by atoms with Crippen LogP contribution >= 0.6 is 0 Å². The summed E-state index contributed by atoms with van der Waals surface area (Å²) in [4.78, 5) is 33.0. The molecule has 0 bridgehead atoms. The molecule has 3 rings (SSSR count). The number of carbonyl (C=O) groups is 2. The molecule has 0 aliphatic carbocycles. The Morgan fingerprint density at radius 2 is 2.04 bits per heavy atom. The molecule has 6 nitrogen and oxygen atoms in total. The summed E-state index contributed by atoms with van der Waals surface area (Å²) >= 11 is 0. The van der Waals surface area contributed by atoms with Gasteiger partial charge in [-0.15, -0.1) is 0 Å². The third-order valence-electron chi connectivity index (χ3n) is 5.11. The van der Waals surface area contributed by atoms with Crippen LogP contribution in [0.15, 0.2) is 48.8 Å². The van der Waals surface area contributed by atoms with Crippen molar-refractivity contribution in [2.75, 3.05) is 32.7 Å². The van der Waals surface area contributed by atoms with Crippen molar-refractivity contribution in [1.29, 1.82) is 0 Å². The molecule has 1 aliphatic rings. The summed E-state index contributed by atoms with van der Waals surface area (Å²) in [6.45, 7) is 4.09. The Balaban J connectivity index is 1.90. The van der Waals surface area contributed by atoms with Gasteiger partial charge in [-0.3, -0.25) is 14.6 Å². The van der Waals surface area contributed by atoms with Crippen molar-refractivity contribution in [2.24, 2.45) is 11.7 Å². The van der Waals surface area contributed by atoms with Gasteiger partial charge in [0, 0.05) is 44.1 Å². The first-order chi connectivity index (χ1) is 13.1. The molecule has 0 radical (unpaired) electrons. The van der Waals surface area contributed by atoms with E-state index in [0.29, 0.717) is 32.6 Å². The number of hydrogen-bond donors (Lipinski definition) is 1. The summed E-state index contributed by atoms with van der Waals surface area (Å²) < 4.78 is 0. The number of carbonyl (C=O) groups excluding carboxylic acids is 2. The number of nitrogens with zero attached hydrogens (tertiary/aromatic N) is 3. The highest BCUT2D eigenvalue weighted by Crippen LogP contribution is 2.26. The van der Waals surface area contributed by atoms with Gasteiger partial charge in [-0.1, -0.05) is 30.3 Å². The smallest absolute Gasteiger partial charge is 0.236 e. The van der Waals surface area contributed by atoms with Gasteiger partial charge < -0.3 is 15.5 Å². The number of likely N-dealkylation sites (N-methyl/N-ethyl adjacent to an activating group) is 1. The summed E-state index contributed by atoms with van der Waals surface area (Å²) in [5.41, 5.74) is 8.74. The Kier molecular flexibility index (Phi) is 6.19. The van der Waals surface area contributed by atoms with Crippen LogP contribution in [0.5, 0.6) is 0 Å². The van der Waals surface area contributed by atoms with Gasteiger partial charge in [-0.2, -0.15) is 0 Å². The van der Waals surface area contributed by atoms with Gasteiger partial charge in [0.1, 0.15) is 0 Å². The van der Waals surface area contributed by atoms with Gasteiger partial charge in [0.25, 0.3) is 0 Å². The molecule has 2 N–H and O–H groups in total. The van der Waals surface area contributed by atoms with E-state index in [2.05, 4.69) is 4.98 Å². The van der Waals surface area contributed by atoms with Crippen LogP contribution in [0.3, 0.4) is 0 Å². The fraction of sp³-hybridized carbons (Fsp3) is 0.381. The molecular weight excluding hydrogens is 340 g/mol. The van der Waals surface area contributed by atoms with Crippen LogP contribution in [0.25, 0.3) is 11.1 Å². The van der Waals surface area contributed by atoms with E-state index in [-0.39, 0.29) is 24.3 Å². The monoisotopic (exact) mass is 366 g/mol. The van der Waals surface area contributed by atoms with Gasteiger partial charge >= 0.3 is 0 Å². The van der Waals surface area contributed by atoms with Crippen molar-refractivity contribution >= 4 is 11.8 Å². The van der Waals surface area contributed by atoms with E-state index >= 15 is 0 Å². The quantitative estimate of drug-likeness (QED) is 0.871. The number of pyridine rings is 1. The van der Waals surface area contributed by atoms with Crippen molar-refractivity contribution in [3.05, 3.63) is 54.4 Å². The van der Waals surface area contributed by atoms with Crippen molar-refractivity contribution in [3.8, 4) is 11.1 Å². The highest BCUT2D eigenvalue weighted by molar-refractivity contribution is 5.83. The molecule has 142 valence electrons. The minimum Gasteiger partial charge on any atom is -0.341 e. The summed E-state index contributed by atoms with van der Waals surface area (Å²) in [6.07, 6.45) is 4.15. The van der Waals surface area contributed by atoms with Crippen LogP contribution in [0.2, 0.25) is 0 Å². The molecule has 1 fully saturated rings. The zero-order valence-electron chi connectivity index (χ0n) is 15.7. The van der Waals surface area contributed by atoms with E-state index in [1.54, 1.807) is 11.1 Å². The maximum absolute atomic E-state index is 13.0. The molecule has 2 aromatic rings. The lowest BCUT2D eigenvalue weighted by Gasteiger charge is -2.24. The summed E-state index contributed by atoms with van der Waals surface area (Å²) in [6, 6.07) is 12.0. The van der Waals surface area contributed by atoms with Crippen molar-refractivity contribution in [2.45, 2.75) is 13.3 Å². The molecule has 0 unspecified atom stereocenters. The first-order valence-corrected chi connectivity index (χ1v) is 9.39. The highest BCUT2D eigenvalue weighted by atomic mass is 16.2. The fourth-order valence-electron chi connectivity index (χ4n) is 3.63. The van der Waals surface area contributed by atoms with Crippen LogP contribution in [-0.4, -0.2) is 59.3 Å². The lowest BCUT2D eigenvalue weighted by atomic mass is 9.91. The summed E-state index contributed by atoms with van der Waals surface area (Å²) in [7, 11) is 0. The fourth-order valence-corrected chi connectivity index (χ4v) is 3.63. The van der Waals surface area contributed by atoms with Crippen molar-refractivity contribution < 1.29 is 9.59 Å². The SMILES string of the molecule is CCN1CCN(C(=O)CN)C[C@@H](Cc2ccccc2-c2cccnc2)C1=O. The zero-order valence-corrected chi connectivity index (χ0v) is 15.7. The molecule has 1 atom stereocenters. The molecular formula is C21H26N4O2.